The Labute approximate surface area is 320 Å². The zero-order valence-electron chi connectivity index (χ0n) is 31.3. The molecule has 300 valence electrons. The van der Waals surface area contributed by atoms with Gasteiger partial charge in [-0.05, 0) is 31.8 Å². The van der Waals surface area contributed by atoms with E-state index in [0.717, 1.165) is 6.26 Å². The Balaban J connectivity index is 1.32. The highest BCUT2D eigenvalue weighted by atomic mass is 19.1. The van der Waals surface area contributed by atoms with Crippen molar-refractivity contribution in [1.82, 2.24) is 45.5 Å². The van der Waals surface area contributed by atoms with Gasteiger partial charge in [0.1, 0.15) is 30.3 Å². The zero-order chi connectivity index (χ0) is 40.4. The number of nitrogens with one attached hydrogen (secondary N) is 4. The first-order valence-corrected chi connectivity index (χ1v) is 18.4. The van der Waals surface area contributed by atoms with Gasteiger partial charge in [0.2, 0.25) is 11.8 Å². The lowest BCUT2D eigenvalue weighted by Crippen LogP contribution is -2.44. The van der Waals surface area contributed by atoms with Gasteiger partial charge >= 0.3 is 11.7 Å². The summed E-state index contributed by atoms with van der Waals surface area (Å²) in [6.45, 7) is 6.00. The highest BCUT2D eigenvalue weighted by Gasteiger charge is 2.39. The van der Waals surface area contributed by atoms with Crippen LogP contribution >= 0.6 is 0 Å². The Hall–Kier alpha value is -5.98. The van der Waals surface area contributed by atoms with Gasteiger partial charge in [-0.3, -0.25) is 28.8 Å². The number of aromatic amines is 2. The number of hydrogen-bond acceptors (Lipinski definition) is 12. The predicted molar refractivity (Wildman–Crippen MR) is 197 cm³/mol. The Morgan fingerprint density at radius 1 is 1.16 bits per heavy atom. The predicted octanol–water partition coefficient (Wildman–Crippen LogP) is 1.12. The van der Waals surface area contributed by atoms with Crippen LogP contribution in [0, 0.1) is 11.8 Å². The largest absolute Gasteiger partial charge is 0.460 e. The van der Waals surface area contributed by atoms with Gasteiger partial charge in [0.05, 0.1) is 30.8 Å². The number of carbonyl (C=O) groups is 4. The van der Waals surface area contributed by atoms with Crippen molar-refractivity contribution < 1.29 is 37.8 Å². The molecule has 0 saturated carbocycles. The van der Waals surface area contributed by atoms with Crippen LogP contribution < -0.4 is 21.9 Å². The van der Waals surface area contributed by atoms with E-state index in [1.807, 2.05) is 13.8 Å². The van der Waals surface area contributed by atoms with Crippen molar-refractivity contribution in [2.45, 2.75) is 83.8 Å². The summed E-state index contributed by atoms with van der Waals surface area (Å²) >= 11 is 0. The van der Waals surface area contributed by atoms with E-state index >= 15 is 0 Å². The fraction of sp³-hybridized carbons (Fsp3) is 0.486. The standard InChI is InChI=1S/C37H46FN9O9/c1-21(2)33-23(15-31(50)40-11-13-46-19-27(44-45-46)26-18-41-37(54)43-34(26)51)8-9-30(49)39-10-4-6-22(3)14-25(48)16-24(38)17-32-42-28(20-55-32)35(52)47-12-5-7-29(47)36(53)56-33/h4,6,8-9,14,18-21,23-25,29,33,48H,5,7,10-13,15-17H2,1-3H3,(H,39,49)(H,40,50)(H2,41,43,51,54)/b6-4?,9-8+,22-14?/t23-,24+,25+,29+,33+/m0/s1. The number of esters is 1. The summed E-state index contributed by atoms with van der Waals surface area (Å²) in [4.78, 5) is 86.9. The molecule has 5 heterocycles. The summed E-state index contributed by atoms with van der Waals surface area (Å²) in [7, 11) is 0. The average molecular weight is 780 g/mol. The van der Waals surface area contributed by atoms with Crippen molar-refractivity contribution in [3.63, 3.8) is 0 Å². The lowest BCUT2D eigenvalue weighted by Gasteiger charge is -2.30. The summed E-state index contributed by atoms with van der Waals surface area (Å²) in [5.74, 6) is -3.28. The van der Waals surface area contributed by atoms with E-state index in [0.29, 0.717) is 18.4 Å². The zero-order valence-corrected chi connectivity index (χ0v) is 31.3. The second kappa shape index (κ2) is 19.1. The first kappa shape index (κ1) is 41.2. The molecule has 0 radical (unpaired) electrons. The highest BCUT2D eigenvalue weighted by Crippen LogP contribution is 2.27. The quantitative estimate of drug-likeness (QED) is 0.212. The molecule has 19 heteroatoms. The molecule has 3 aromatic heterocycles. The minimum Gasteiger partial charge on any atom is -0.460 e. The smallest absolute Gasteiger partial charge is 0.329 e. The van der Waals surface area contributed by atoms with Gasteiger partial charge in [0.25, 0.3) is 11.5 Å². The van der Waals surface area contributed by atoms with Crippen molar-refractivity contribution in [2.75, 3.05) is 19.6 Å². The van der Waals surface area contributed by atoms with Gasteiger partial charge in [0.15, 0.2) is 11.6 Å². The SMILES string of the molecule is CC1=C[C@@H](O)C[C@@H](F)Cc2nc(co2)C(=O)N2CCC[C@@H]2C(=O)O[C@H](C(C)C)[C@H](CC(=O)NCCn2cc(-c3c[nH]c(=O)[nH]c3=O)nn2)/C=C/C(=O)NCC=C1. The summed E-state index contributed by atoms with van der Waals surface area (Å²) < 4.78 is 27.7. The van der Waals surface area contributed by atoms with Crippen LogP contribution in [-0.2, 0) is 32.1 Å². The number of nitrogens with zero attached hydrogens (tertiary/aromatic N) is 5. The number of carbonyl (C=O) groups excluding carboxylic acids is 4. The topological polar surface area (TPSA) is 247 Å². The lowest BCUT2D eigenvalue weighted by atomic mass is 9.89. The minimum atomic E-state index is -1.52. The summed E-state index contributed by atoms with van der Waals surface area (Å²) in [6.07, 6.45) is 8.04. The van der Waals surface area contributed by atoms with E-state index in [1.54, 1.807) is 19.1 Å². The van der Waals surface area contributed by atoms with Crippen LogP contribution in [0.15, 0.2) is 68.6 Å². The van der Waals surface area contributed by atoms with Crippen LogP contribution in [0.1, 0.15) is 62.8 Å². The number of cyclic esters (lactones) is 1. The molecule has 1 fully saturated rings. The Kier molecular flexibility index (Phi) is 14.0. The molecule has 3 aromatic rings. The number of alkyl halides is 1. The number of allylic oxidation sites excluding steroid dienone is 2. The third-order valence-electron chi connectivity index (χ3n) is 9.22. The van der Waals surface area contributed by atoms with Crippen LogP contribution in [0.5, 0.6) is 0 Å². The lowest BCUT2D eigenvalue weighted by molar-refractivity contribution is -0.159. The number of hydrogen-bond donors (Lipinski definition) is 5. The molecular formula is C37H46FN9O9. The van der Waals surface area contributed by atoms with E-state index < -0.39 is 65.3 Å². The van der Waals surface area contributed by atoms with Crippen molar-refractivity contribution in [3.05, 3.63) is 87.0 Å². The molecule has 5 atom stereocenters. The highest BCUT2D eigenvalue weighted by molar-refractivity contribution is 5.95. The van der Waals surface area contributed by atoms with Crippen molar-refractivity contribution >= 4 is 23.7 Å². The number of aliphatic hydroxyl groups is 1. The van der Waals surface area contributed by atoms with Crippen LogP contribution in [0.4, 0.5) is 4.39 Å². The average Bonchev–Trinajstić information content (AvgIpc) is 3.92. The van der Waals surface area contributed by atoms with Crippen LogP contribution in [0.2, 0.25) is 0 Å². The fourth-order valence-electron chi connectivity index (χ4n) is 6.49. The molecule has 0 aliphatic carbocycles. The number of rotatable bonds is 7. The summed E-state index contributed by atoms with van der Waals surface area (Å²) in [5.41, 5.74) is -0.424. The van der Waals surface area contributed by atoms with Gasteiger partial charge in [-0.1, -0.05) is 48.9 Å². The molecule has 56 heavy (non-hydrogen) atoms. The van der Waals surface area contributed by atoms with Crippen molar-refractivity contribution in [2.24, 2.45) is 11.8 Å². The van der Waals surface area contributed by atoms with Crippen LogP contribution in [0.25, 0.3) is 11.3 Å². The maximum atomic E-state index is 14.8. The molecule has 3 amide bonds. The number of H-pyrrole nitrogens is 2. The maximum absolute atomic E-state index is 14.8. The number of aliphatic hydroxyl groups excluding tert-OH is 1. The third kappa shape index (κ3) is 11.3. The number of amides is 3. The molecule has 5 rings (SSSR count). The molecule has 18 nitrogen and oxygen atoms in total. The van der Waals surface area contributed by atoms with Gasteiger partial charge in [-0.15, -0.1) is 5.10 Å². The Bertz CT molecular complexity index is 2080. The monoisotopic (exact) mass is 779 g/mol. The van der Waals surface area contributed by atoms with Gasteiger partial charge in [-0.2, -0.15) is 0 Å². The molecule has 1 saturated heterocycles. The number of fused-ring (bicyclic) bond motifs is 3. The van der Waals surface area contributed by atoms with Crippen molar-refractivity contribution in [3.8, 4) is 11.3 Å². The number of ether oxygens (including phenoxy) is 1. The fourth-order valence-corrected chi connectivity index (χ4v) is 6.49. The second-order valence-corrected chi connectivity index (χ2v) is 14.0. The molecule has 2 bridgehead atoms. The molecule has 0 unspecified atom stereocenters. The first-order chi connectivity index (χ1) is 26.8. The summed E-state index contributed by atoms with van der Waals surface area (Å²) in [5, 5.41) is 23.8. The van der Waals surface area contributed by atoms with E-state index in [-0.39, 0.29) is 74.2 Å². The molecule has 5 N–H and O–H groups in total. The molecule has 0 aromatic carbocycles. The van der Waals surface area contributed by atoms with Crippen molar-refractivity contribution in [1.29, 1.82) is 0 Å². The van der Waals surface area contributed by atoms with Gasteiger partial charge < -0.3 is 34.8 Å². The minimum absolute atomic E-state index is 0.0256. The van der Waals surface area contributed by atoms with Gasteiger partial charge in [-0.25, -0.2) is 19.0 Å². The second-order valence-electron chi connectivity index (χ2n) is 14.0. The van der Waals surface area contributed by atoms with Crippen LogP contribution in [-0.4, -0.2) is 108 Å². The first-order valence-electron chi connectivity index (χ1n) is 18.4. The number of oxazole rings is 1. The molecule has 2 aliphatic heterocycles. The van der Waals surface area contributed by atoms with E-state index in [9.17, 15) is 38.3 Å². The normalized spacial score (nSPS) is 23.6. The van der Waals surface area contributed by atoms with Crippen LogP contribution in [0.3, 0.4) is 0 Å². The van der Waals surface area contributed by atoms with E-state index in [1.165, 1.54) is 40.2 Å². The van der Waals surface area contributed by atoms with E-state index in [2.05, 4.69) is 35.9 Å². The number of aromatic nitrogens is 6. The van der Waals surface area contributed by atoms with E-state index in [4.69, 9.17) is 9.15 Å². The molecular weight excluding hydrogens is 733 g/mol. The van der Waals surface area contributed by atoms with Gasteiger partial charge in [0, 0.05) is 44.6 Å². The third-order valence-corrected chi connectivity index (χ3v) is 9.22. The Morgan fingerprint density at radius 2 is 1.96 bits per heavy atom. The number of halogens is 1. The summed E-state index contributed by atoms with van der Waals surface area (Å²) in [6, 6.07) is -0.961. The molecule has 2 aliphatic rings. The maximum Gasteiger partial charge on any atom is 0.329 e. The molecule has 0 spiro atoms. The Morgan fingerprint density at radius 3 is 2.73 bits per heavy atom.